The van der Waals surface area contributed by atoms with Gasteiger partial charge < -0.3 is 9.80 Å². The Morgan fingerprint density at radius 1 is 1.30 bits per heavy atom. The zero-order chi connectivity index (χ0) is 16.8. The van der Waals surface area contributed by atoms with Crippen LogP contribution in [0.2, 0.25) is 0 Å². The number of benzene rings is 1. The van der Waals surface area contributed by atoms with Gasteiger partial charge in [0.15, 0.2) is 0 Å². The minimum atomic E-state index is -0.266. The van der Waals surface area contributed by atoms with E-state index in [0.29, 0.717) is 13.1 Å². The maximum Gasteiger partial charge on any atom is 0.320 e. The van der Waals surface area contributed by atoms with Crippen LogP contribution in [0.4, 0.5) is 4.79 Å². The van der Waals surface area contributed by atoms with E-state index in [2.05, 4.69) is 26.9 Å². The van der Waals surface area contributed by atoms with Gasteiger partial charge in [0.2, 0.25) is 0 Å². The van der Waals surface area contributed by atoms with Crippen molar-refractivity contribution in [2.45, 2.75) is 19.9 Å². The average Bonchev–Trinajstić information content (AvgIpc) is 2.57. The van der Waals surface area contributed by atoms with E-state index < -0.39 is 0 Å². The Kier molecular flexibility index (Phi) is 6.43. The molecule has 6 heteroatoms. The van der Waals surface area contributed by atoms with Crippen molar-refractivity contribution < 1.29 is 4.79 Å². The van der Waals surface area contributed by atoms with Crippen LogP contribution in [-0.2, 0) is 0 Å². The number of rotatable bonds is 4. The van der Waals surface area contributed by atoms with Crippen LogP contribution in [0, 0.1) is 11.3 Å². The molecule has 2 rings (SSSR count). The maximum absolute atomic E-state index is 12.4. The second-order valence-corrected chi connectivity index (χ2v) is 6.48. The van der Waals surface area contributed by atoms with Crippen LogP contribution in [0.1, 0.15) is 25.5 Å². The lowest BCUT2D eigenvalue weighted by Crippen LogP contribution is -2.53. The maximum atomic E-state index is 12.4. The lowest BCUT2D eigenvalue weighted by molar-refractivity contribution is 0.104. The number of piperazine rings is 1. The second-order valence-electron chi connectivity index (χ2n) is 5.56. The van der Waals surface area contributed by atoms with Gasteiger partial charge in [-0.15, -0.1) is 0 Å². The van der Waals surface area contributed by atoms with E-state index in [9.17, 15) is 10.1 Å². The second kappa shape index (κ2) is 8.32. The topological polar surface area (TPSA) is 50.6 Å². The number of urea groups is 1. The summed E-state index contributed by atoms with van der Waals surface area (Å²) in [6.07, 6.45) is 0. The molecule has 1 fully saturated rings. The van der Waals surface area contributed by atoms with E-state index in [4.69, 9.17) is 0 Å². The van der Waals surface area contributed by atoms with Gasteiger partial charge in [-0.1, -0.05) is 28.1 Å². The molecule has 1 aromatic rings. The highest BCUT2D eigenvalue weighted by Crippen LogP contribution is 2.24. The van der Waals surface area contributed by atoms with Gasteiger partial charge in [-0.25, -0.2) is 4.79 Å². The number of hydrogen-bond donors (Lipinski definition) is 0. The Balaban J connectivity index is 2.00. The molecule has 1 unspecified atom stereocenters. The summed E-state index contributed by atoms with van der Waals surface area (Å²) in [7, 11) is 0. The lowest BCUT2D eigenvalue weighted by atomic mass is 10.1. The lowest BCUT2D eigenvalue weighted by Gasteiger charge is -2.38. The first-order chi connectivity index (χ1) is 11.1. The van der Waals surface area contributed by atoms with E-state index in [1.807, 2.05) is 47.9 Å². The fourth-order valence-corrected chi connectivity index (χ4v) is 3.33. The zero-order valence-corrected chi connectivity index (χ0v) is 15.3. The first kappa shape index (κ1) is 17.8. The molecule has 1 aliphatic rings. The van der Waals surface area contributed by atoms with Crippen molar-refractivity contribution in [3.05, 3.63) is 34.3 Å². The highest BCUT2D eigenvalue weighted by Gasteiger charge is 2.28. The van der Waals surface area contributed by atoms with Crippen molar-refractivity contribution in [2.75, 3.05) is 39.3 Å². The van der Waals surface area contributed by atoms with Gasteiger partial charge in [-0.3, -0.25) is 4.90 Å². The van der Waals surface area contributed by atoms with Crippen LogP contribution in [0.3, 0.4) is 0 Å². The fraction of sp³-hybridized carbons (Fsp3) is 0.529. The minimum Gasteiger partial charge on any atom is -0.325 e. The summed E-state index contributed by atoms with van der Waals surface area (Å²) in [5.74, 6) is 0. The van der Waals surface area contributed by atoms with E-state index in [-0.39, 0.29) is 12.1 Å². The minimum absolute atomic E-state index is 0.102. The Bertz CT molecular complexity index is 574. The van der Waals surface area contributed by atoms with Gasteiger partial charge in [-0.2, -0.15) is 5.26 Å². The molecule has 5 nitrogen and oxygen atoms in total. The van der Waals surface area contributed by atoms with E-state index >= 15 is 0 Å². The van der Waals surface area contributed by atoms with Crippen LogP contribution in [-0.4, -0.2) is 60.0 Å². The molecule has 0 spiro atoms. The van der Waals surface area contributed by atoms with Crippen molar-refractivity contribution in [1.82, 2.24) is 14.7 Å². The van der Waals surface area contributed by atoms with Crippen molar-refractivity contribution in [3.63, 3.8) is 0 Å². The number of nitriles is 1. The molecule has 0 N–H and O–H groups in total. The van der Waals surface area contributed by atoms with Gasteiger partial charge in [0.1, 0.15) is 6.04 Å². The number of amides is 2. The SMILES string of the molecule is CCN(CC)C(=O)N1CCN(C(C#N)c2cccc(Br)c2)CC1. The van der Waals surface area contributed by atoms with Crippen LogP contribution in [0.25, 0.3) is 0 Å². The van der Waals surface area contributed by atoms with Gasteiger partial charge >= 0.3 is 6.03 Å². The first-order valence-corrected chi connectivity index (χ1v) is 8.83. The molecule has 0 aromatic heterocycles. The zero-order valence-electron chi connectivity index (χ0n) is 13.7. The summed E-state index contributed by atoms with van der Waals surface area (Å²) in [5, 5.41) is 9.57. The predicted octanol–water partition coefficient (Wildman–Crippen LogP) is 3.09. The van der Waals surface area contributed by atoms with Crippen molar-refractivity contribution in [1.29, 1.82) is 5.26 Å². The third kappa shape index (κ3) is 4.24. The fourth-order valence-electron chi connectivity index (χ4n) is 2.91. The van der Waals surface area contributed by atoms with Gasteiger partial charge in [0.25, 0.3) is 0 Å². The van der Waals surface area contributed by atoms with Crippen molar-refractivity contribution in [3.8, 4) is 6.07 Å². The highest BCUT2D eigenvalue weighted by molar-refractivity contribution is 9.10. The Hall–Kier alpha value is -1.58. The van der Waals surface area contributed by atoms with Crippen molar-refractivity contribution in [2.24, 2.45) is 0 Å². The largest absolute Gasteiger partial charge is 0.325 e. The molecule has 1 aromatic carbocycles. The third-order valence-electron chi connectivity index (χ3n) is 4.27. The Morgan fingerprint density at radius 3 is 2.48 bits per heavy atom. The number of carbonyl (C=O) groups is 1. The predicted molar refractivity (Wildman–Crippen MR) is 94.0 cm³/mol. The van der Waals surface area contributed by atoms with Gasteiger partial charge in [-0.05, 0) is 31.5 Å². The highest BCUT2D eigenvalue weighted by atomic mass is 79.9. The van der Waals surface area contributed by atoms with Crippen LogP contribution in [0.5, 0.6) is 0 Å². The van der Waals surface area contributed by atoms with Crippen LogP contribution in [0.15, 0.2) is 28.7 Å². The summed E-state index contributed by atoms with van der Waals surface area (Å²) >= 11 is 3.46. The number of halogens is 1. The number of hydrogen-bond acceptors (Lipinski definition) is 3. The van der Waals surface area contributed by atoms with E-state index in [1.54, 1.807) is 0 Å². The molecule has 0 aliphatic carbocycles. The monoisotopic (exact) mass is 378 g/mol. The van der Waals surface area contributed by atoms with Gasteiger partial charge in [0, 0.05) is 43.7 Å². The molecular formula is C17H23BrN4O. The molecule has 0 bridgehead atoms. The average molecular weight is 379 g/mol. The molecule has 1 atom stereocenters. The van der Waals surface area contributed by atoms with E-state index in [1.165, 1.54) is 0 Å². The molecule has 0 radical (unpaired) electrons. The van der Waals surface area contributed by atoms with Crippen LogP contribution < -0.4 is 0 Å². The number of nitrogens with zero attached hydrogens (tertiary/aromatic N) is 4. The molecule has 23 heavy (non-hydrogen) atoms. The van der Waals surface area contributed by atoms with E-state index in [0.717, 1.165) is 36.2 Å². The molecule has 0 saturated carbocycles. The molecule has 1 heterocycles. The molecular weight excluding hydrogens is 356 g/mol. The Labute approximate surface area is 146 Å². The third-order valence-corrected chi connectivity index (χ3v) is 4.76. The summed E-state index contributed by atoms with van der Waals surface area (Å²) < 4.78 is 0.977. The normalized spacial score (nSPS) is 16.7. The molecule has 1 saturated heterocycles. The summed E-state index contributed by atoms with van der Waals surface area (Å²) in [4.78, 5) is 18.3. The van der Waals surface area contributed by atoms with Crippen molar-refractivity contribution >= 4 is 22.0 Å². The summed E-state index contributed by atoms with van der Waals surface area (Å²) in [6, 6.07) is 10.1. The quantitative estimate of drug-likeness (QED) is 0.808. The van der Waals surface area contributed by atoms with Gasteiger partial charge in [0.05, 0.1) is 6.07 Å². The molecule has 124 valence electrons. The van der Waals surface area contributed by atoms with Crippen LogP contribution >= 0.6 is 15.9 Å². The summed E-state index contributed by atoms with van der Waals surface area (Å²) in [5.41, 5.74) is 0.991. The Morgan fingerprint density at radius 2 is 1.96 bits per heavy atom. The summed E-state index contributed by atoms with van der Waals surface area (Å²) in [6.45, 7) is 8.23. The molecule has 1 aliphatic heterocycles. The molecule has 2 amide bonds. The first-order valence-electron chi connectivity index (χ1n) is 8.03. The smallest absolute Gasteiger partial charge is 0.320 e. The standard InChI is InChI=1S/C17H23BrN4O/c1-3-20(4-2)17(23)22-10-8-21(9-11-22)16(13-19)14-6-5-7-15(18)12-14/h5-7,12,16H,3-4,8-11H2,1-2H3. The number of carbonyl (C=O) groups excluding carboxylic acids is 1.